The van der Waals surface area contributed by atoms with Gasteiger partial charge in [-0.25, -0.2) is 4.79 Å². The van der Waals surface area contributed by atoms with E-state index in [1.165, 1.54) is 12.8 Å². The summed E-state index contributed by atoms with van der Waals surface area (Å²) < 4.78 is 5.25. The number of carbonyl (C=O) groups excluding carboxylic acids is 1. The predicted molar refractivity (Wildman–Crippen MR) is 82.0 cm³/mol. The molecule has 1 aliphatic rings. The molecule has 0 aromatic rings. The second kappa shape index (κ2) is 8.47. The fraction of sp³-hybridized carbons (Fsp3) is 0.933. The number of alkyl carbamates (subject to hydrolysis) is 1. The minimum Gasteiger partial charge on any atom is -0.444 e. The average molecular weight is 285 g/mol. The Labute approximate surface area is 123 Å². The Morgan fingerprint density at radius 2 is 2.10 bits per heavy atom. The van der Waals surface area contributed by atoms with E-state index in [1.807, 2.05) is 20.8 Å². The maximum Gasteiger partial charge on any atom is 0.407 e. The monoisotopic (exact) mass is 285 g/mol. The van der Waals surface area contributed by atoms with Crippen molar-refractivity contribution in [1.82, 2.24) is 16.0 Å². The Bertz CT molecular complexity index is 281. The molecule has 5 heteroatoms. The zero-order valence-corrected chi connectivity index (χ0v) is 13.4. The van der Waals surface area contributed by atoms with Crippen LogP contribution in [0.5, 0.6) is 0 Å². The molecule has 1 saturated heterocycles. The van der Waals surface area contributed by atoms with Crippen LogP contribution in [0.4, 0.5) is 4.79 Å². The van der Waals surface area contributed by atoms with Crippen LogP contribution in [-0.4, -0.2) is 43.4 Å². The van der Waals surface area contributed by atoms with E-state index in [1.54, 1.807) is 0 Å². The van der Waals surface area contributed by atoms with Gasteiger partial charge in [0.2, 0.25) is 0 Å². The van der Waals surface area contributed by atoms with Crippen molar-refractivity contribution in [3.63, 3.8) is 0 Å². The molecule has 0 aromatic carbocycles. The summed E-state index contributed by atoms with van der Waals surface area (Å²) in [6.07, 6.45) is 4.24. The zero-order valence-electron chi connectivity index (χ0n) is 13.4. The Kier molecular flexibility index (Phi) is 7.30. The van der Waals surface area contributed by atoms with Gasteiger partial charge in [-0.3, -0.25) is 0 Å². The number of amides is 1. The first-order chi connectivity index (χ1) is 9.40. The van der Waals surface area contributed by atoms with Crippen LogP contribution in [0, 0.1) is 0 Å². The summed E-state index contributed by atoms with van der Waals surface area (Å²) >= 11 is 0. The highest BCUT2D eigenvalue weighted by Gasteiger charge is 2.19. The normalized spacial score (nSPS) is 21.9. The zero-order chi connectivity index (χ0) is 15.0. The molecule has 1 rings (SSSR count). The number of ether oxygens (including phenoxy) is 1. The molecule has 0 radical (unpaired) electrons. The topological polar surface area (TPSA) is 62.4 Å². The van der Waals surface area contributed by atoms with Gasteiger partial charge in [0.25, 0.3) is 0 Å². The summed E-state index contributed by atoms with van der Waals surface area (Å²) in [6.45, 7) is 10.6. The summed E-state index contributed by atoms with van der Waals surface area (Å²) in [4.78, 5) is 11.7. The SMILES string of the molecule is CCC(CNC(=O)OC(C)(C)C)NC1CCCNCC1. The molecule has 1 amide bonds. The molecule has 20 heavy (non-hydrogen) atoms. The quantitative estimate of drug-likeness (QED) is 0.723. The van der Waals surface area contributed by atoms with E-state index in [0.717, 1.165) is 25.9 Å². The van der Waals surface area contributed by atoms with Crippen molar-refractivity contribution in [2.75, 3.05) is 19.6 Å². The number of hydrogen-bond donors (Lipinski definition) is 3. The van der Waals surface area contributed by atoms with Crippen molar-refractivity contribution in [2.45, 2.75) is 71.1 Å². The van der Waals surface area contributed by atoms with Crippen molar-refractivity contribution >= 4 is 6.09 Å². The standard InChI is InChI=1S/C15H31N3O2/c1-5-12(11-17-14(19)20-15(2,3)4)18-13-7-6-9-16-10-8-13/h12-13,16,18H,5-11H2,1-4H3,(H,17,19). The van der Waals surface area contributed by atoms with E-state index < -0.39 is 5.60 Å². The Balaban J connectivity index is 2.29. The Hall–Kier alpha value is -0.810. The lowest BCUT2D eigenvalue weighted by molar-refractivity contribution is 0.0521. The van der Waals surface area contributed by atoms with Gasteiger partial charge in [0.1, 0.15) is 5.60 Å². The molecule has 0 bridgehead atoms. The molecule has 2 atom stereocenters. The number of carbonyl (C=O) groups is 1. The summed E-state index contributed by atoms with van der Waals surface area (Å²) in [5, 5.41) is 9.92. The molecule has 1 fully saturated rings. The van der Waals surface area contributed by atoms with Crippen LogP contribution in [0.25, 0.3) is 0 Å². The lowest BCUT2D eigenvalue weighted by atomic mass is 10.1. The van der Waals surface area contributed by atoms with Gasteiger partial charge >= 0.3 is 6.09 Å². The largest absolute Gasteiger partial charge is 0.444 e. The number of hydrogen-bond acceptors (Lipinski definition) is 4. The highest BCUT2D eigenvalue weighted by molar-refractivity contribution is 5.67. The molecule has 118 valence electrons. The Morgan fingerprint density at radius 1 is 1.35 bits per heavy atom. The second-order valence-electron chi connectivity index (χ2n) is 6.53. The van der Waals surface area contributed by atoms with E-state index in [9.17, 15) is 4.79 Å². The van der Waals surface area contributed by atoms with Gasteiger partial charge < -0.3 is 20.7 Å². The molecule has 0 spiro atoms. The third kappa shape index (κ3) is 7.70. The lowest BCUT2D eigenvalue weighted by Crippen LogP contribution is -2.46. The highest BCUT2D eigenvalue weighted by atomic mass is 16.6. The third-order valence-corrected chi connectivity index (χ3v) is 3.43. The second-order valence-corrected chi connectivity index (χ2v) is 6.53. The van der Waals surface area contributed by atoms with Gasteiger partial charge in [0.05, 0.1) is 0 Å². The first-order valence-corrected chi connectivity index (χ1v) is 7.84. The molecule has 0 aromatic heterocycles. The summed E-state index contributed by atoms with van der Waals surface area (Å²) in [5.41, 5.74) is -0.438. The van der Waals surface area contributed by atoms with Gasteiger partial charge in [-0.2, -0.15) is 0 Å². The van der Waals surface area contributed by atoms with Crippen molar-refractivity contribution in [2.24, 2.45) is 0 Å². The molecule has 0 saturated carbocycles. The number of nitrogens with one attached hydrogen (secondary N) is 3. The molecule has 5 nitrogen and oxygen atoms in total. The third-order valence-electron chi connectivity index (χ3n) is 3.43. The lowest BCUT2D eigenvalue weighted by Gasteiger charge is -2.25. The van der Waals surface area contributed by atoms with Crippen molar-refractivity contribution < 1.29 is 9.53 Å². The maximum absolute atomic E-state index is 11.7. The van der Waals surface area contributed by atoms with Gasteiger partial charge in [-0.05, 0) is 59.5 Å². The van der Waals surface area contributed by atoms with Gasteiger partial charge in [0.15, 0.2) is 0 Å². The fourth-order valence-electron chi connectivity index (χ4n) is 2.36. The minimum atomic E-state index is -0.438. The van der Waals surface area contributed by atoms with Crippen LogP contribution in [0.3, 0.4) is 0 Å². The summed E-state index contributed by atoms with van der Waals surface area (Å²) in [6, 6.07) is 0.862. The molecular formula is C15H31N3O2. The van der Waals surface area contributed by atoms with E-state index >= 15 is 0 Å². The van der Waals surface area contributed by atoms with E-state index in [0.29, 0.717) is 18.6 Å². The van der Waals surface area contributed by atoms with Crippen LogP contribution < -0.4 is 16.0 Å². The van der Waals surface area contributed by atoms with Gasteiger partial charge in [-0.1, -0.05) is 6.92 Å². The van der Waals surface area contributed by atoms with E-state index in [4.69, 9.17) is 4.74 Å². The number of rotatable bonds is 5. The van der Waals surface area contributed by atoms with Crippen molar-refractivity contribution in [1.29, 1.82) is 0 Å². The van der Waals surface area contributed by atoms with Crippen molar-refractivity contribution in [3.05, 3.63) is 0 Å². The van der Waals surface area contributed by atoms with E-state index in [2.05, 4.69) is 22.9 Å². The molecule has 3 N–H and O–H groups in total. The minimum absolute atomic E-state index is 0.311. The van der Waals surface area contributed by atoms with Gasteiger partial charge in [-0.15, -0.1) is 0 Å². The van der Waals surface area contributed by atoms with Crippen LogP contribution in [0.2, 0.25) is 0 Å². The summed E-state index contributed by atoms with van der Waals surface area (Å²) in [5.74, 6) is 0. The predicted octanol–water partition coefficient (Wildman–Crippen LogP) is 2.02. The van der Waals surface area contributed by atoms with E-state index in [-0.39, 0.29) is 6.09 Å². The average Bonchev–Trinajstić information content (AvgIpc) is 2.60. The molecule has 2 unspecified atom stereocenters. The molecular weight excluding hydrogens is 254 g/mol. The van der Waals surface area contributed by atoms with Crippen LogP contribution >= 0.6 is 0 Å². The molecule has 0 aliphatic carbocycles. The molecule has 1 aliphatic heterocycles. The van der Waals surface area contributed by atoms with Crippen LogP contribution in [-0.2, 0) is 4.74 Å². The Morgan fingerprint density at radius 3 is 2.75 bits per heavy atom. The molecule has 1 heterocycles. The first-order valence-electron chi connectivity index (χ1n) is 7.84. The van der Waals surface area contributed by atoms with Gasteiger partial charge in [0, 0.05) is 18.6 Å². The first kappa shape index (κ1) is 17.2. The maximum atomic E-state index is 11.7. The van der Waals surface area contributed by atoms with Crippen molar-refractivity contribution in [3.8, 4) is 0 Å². The fourth-order valence-corrected chi connectivity index (χ4v) is 2.36. The smallest absolute Gasteiger partial charge is 0.407 e. The highest BCUT2D eigenvalue weighted by Crippen LogP contribution is 2.08. The van der Waals surface area contributed by atoms with Crippen LogP contribution in [0.15, 0.2) is 0 Å². The summed E-state index contributed by atoms with van der Waals surface area (Å²) in [7, 11) is 0. The van der Waals surface area contributed by atoms with Crippen LogP contribution in [0.1, 0.15) is 53.4 Å².